The summed E-state index contributed by atoms with van der Waals surface area (Å²) in [7, 11) is 3.33. The average Bonchev–Trinajstić information content (AvgIpc) is 2.44. The zero-order chi connectivity index (χ0) is 13.1. The summed E-state index contributed by atoms with van der Waals surface area (Å²) in [6.07, 6.45) is 2.12. The highest BCUT2D eigenvalue weighted by Crippen LogP contribution is 2.36. The molecule has 18 heavy (non-hydrogen) atoms. The maximum Gasteiger partial charge on any atom is 0.161 e. The van der Waals surface area contributed by atoms with Crippen molar-refractivity contribution in [3.63, 3.8) is 0 Å². The Morgan fingerprint density at radius 3 is 2.50 bits per heavy atom. The van der Waals surface area contributed by atoms with Crippen LogP contribution in [0.1, 0.15) is 30.5 Å². The van der Waals surface area contributed by atoms with E-state index in [1.165, 1.54) is 11.1 Å². The third-order valence-electron chi connectivity index (χ3n) is 3.65. The molecule has 2 unspecified atom stereocenters. The zero-order valence-electron chi connectivity index (χ0n) is 11.3. The van der Waals surface area contributed by atoms with Gasteiger partial charge in [0.15, 0.2) is 11.5 Å². The second-order valence-electron chi connectivity index (χ2n) is 4.67. The van der Waals surface area contributed by atoms with Gasteiger partial charge in [-0.3, -0.25) is 0 Å². The standard InChI is InChI=1S/C14H22N2O2/c1-4-10-5-9-6-13(17-2)14(18-3)7-11(9)12(8-15)16-10/h6-7,10,12,16H,4-5,8,15H2,1-3H3. The van der Waals surface area contributed by atoms with E-state index in [1.807, 2.05) is 6.07 Å². The van der Waals surface area contributed by atoms with Crippen LogP contribution in [0.2, 0.25) is 0 Å². The highest BCUT2D eigenvalue weighted by atomic mass is 16.5. The van der Waals surface area contributed by atoms with Crippen LogP contribution < -0.4 is 20.5 Å². The normalized spacial score (nSPS) is 22.4. The van der Waals surface area contributed by atoms with Crippen molar-refractivity contribution in [1.82, 2.24) is 5.32 Å². The van der Waals surface area contributed by atoms with Crippen molar-refractivity contribution in [1.29, 1.82) is 0 Å². The van der Waals surface area contributed by atoms with Gasteiger partial charge in [-0.15, -0.1) is 0 Å². The minimum absolute atomic E-state index is 0.207. The summed E-state index contributed by atoms with van der Waals surface area (Å²) in [6, 6.07) is 4.83. The summed E-state index contributed by atoms with van der Waals surface area (Å²) < 4.78 is 10.7. The molecule has 1 aliphatic rings. The highest BCUT2D eigenvalue weighted by Gasteiger charge is 2.26. The summed E-state index contributed by atoms with van der Waals surface area (Å²) in [6.45, 7) is 2.79. The minimum Gasteiger partial charge on any atom is -0.493 e. The molecular weight excluding hydrogens is 228 g/mol. The van der Waals surface area contributed by atoms with Crippen LogP contribution in [0.15, 0.2) is 12.1 Å². The number of benzene rings is 1. The first-order valence-corrected chi connectivity index (χ1v) is 6.44. The van der Waals surface area contributed by atoms with Gasteiger partial charge in [0.1, 0.15) is 0 Å². The first kappa shape index (κ1) is 13.2. The molecule has 0 aromatic heterocycles. The predicted octanol–water partition coefficient (Wildman–Crippen LogP) is 1.63. The van der Waals surface area contributed by atoms with Gasteiger partial charge in [-0.1, -0.05) is 6.92 Å². The molecule has 0 aliphatic carbocycles. The lowest BCUT2D eigenvalue weighted by Crippen LogP contribution is -2.42. The molecule has 3 N–H and O–H groups in total. The maximum absolute atomic E-state index is 5.86. The fourth-order valence-corrected chi connectivity index (χ4v) is 2.59. The predicted molar refractivity (Wildman–Crippen MR) is 72.3 cm³/mol. The topological polar surface area (TPSA) is 56.5 Å². The van der Waals surface area contributed by atoms with E-state index in [-0.39, 0.29) is 6.04 Å². The van der Waals surface area contributed by atoms with Gasteiger partial charge in [-0.05, 0) is 36.1 Å². The van der Waals surface area contributed by atoms with Crippen molar-refractivity contribution in [3.8, 4) is 11.5 Å². The van der Waals surface area contributed by atoms with Gasteiger partial charge >= 0.3 is 0 Å². The Bertz CT molecular complexity index is 421. The Hall–Kier alpha value is -1.26. The van der Waals surface area contributed by atoms with Crippen molar-refractivity contribution < 1.29 is 9.47 Å². The molecule has 0 bridgehead atoms. The van der Waals surface area contributed by atoms with Crippen LogP contribution in [0.4, 0.5) is 0 Å². The quantitative estimate of drug-likeness (QED) is 0.852. The lowest BCUT2D eigenvalue weighted by molar-refractivity contribution is 0.348. The molecule has 4 heteroatoms. The van der Waals surface area contributed by atoms with Crippen LogP contribution in [0, 0.1) is 0 Å². The van der Waals surface area contributed by atoms with E-state index in [4.69, 9.17) is 15.2 Å². The van der Waals surface area contributed by atoms with Crippen LogP contribution in [0.25, 0.3) is 0 Å². The second-order valence-corrected chi connectivity index (χ2v) is 4.67. The first-order chi connectivity index (χ1) is 8.73. The fourth-order valence-electron chi connectivity index (χ4n) is 2.59. The van der Waals surface area contributed by atoms with E-state index in [1.54, 1.807) is 14.2 Å². The largest absolute Gasteiger partial charge is 0.493 e. The number of hydrogen-bond acceptors (Lipinski definition) is 4. The molecule has 1 aromatic rings. The summed E-state index contributed by atoms with van der Waals surface area (Å²) in [4.78, 5) is 0. The van der Waals surface area contributed by atoms with Crippen LogP contribution in [-0.4, -0.2) is 26.8 Å². The molecule has 0 spiro atoms. The van der Waals surface area contributed by atoms with Gasteiger partial charge in [0, 0.05) is 18.6 Å². The maximum atomic E-state index is 5.86. The van der Waals surface area contributed by atoms with Crippen LogP contribution >= 0.6 is 0 Å². The monoisotopic (exact) mass is 250 g/mol. The first-order valence-electron chi connectivity index (χ1n) is 6.44. The number of nitrogens with two attached hydrogens (primary N) is 1. The number of nitrogens with one attached hydrogen (secondary N) is 1. The van der Waals surface area contributed by atoms with Crippen LogP contribution in [0.5, 0.6) is 11.5 Å². The summed E-state index contributed by atoms with van der Waals surface area (Å²) in [5.74, 6) is 1.57. The molecule has 4 nitrogen and oxygen atoms in total. The molecule has 0 saturated heterocycles. The van der Waals surface area contributed by atoms with E-state index in [9.17, 15) is 0 Å². The van der Waals surface area contributed by atoms with Crippen LogP contribution in [-0.2, 0) is 6.42 Å². The Morgan fingerprint density at radius 1 is 1.28 bits per heavy atom. The lowest BCUT2D eigenvalue weighted by atomic mass is 9.88. The Balaban J connectivity index is 2.43. The van der Waals surface area contributed by atoms with Gasteiger partial charge in [0.2, 0.25) is 0 Å². The average molecular weight is 250 g/mol. The zero-order valence-corrected chi connectivity index (χ0v) is 11.3. The van der Waals surface area contributed by atoms with Crippen molar-refractivity contribution in [2.24, 2.45) is 5.73 Å². The van der Waals surface area contributed by atoms with Gasteiger partial charge in [0.05, 0.1) is 14.2 Å². The van der Waals surface area contributed by atoms with E-state index in [2.05, 4.69) is 18.3 Å². The molecule has 100 valence electrons. The third-order valence-corrected chi connectivity index (χ3v) is 3.65. The summed E-state index contributed by atoms with van der Waals surface area (Å²) in [5.41, 5.74) is 8.41. The molecule has 0 amide bonds. The second kappa shape index (κ2) is 5.59. The number of fused-ring (bicyclic) bond motifs is 1. The summed E-state index contributed by atoms with van der Waals surface area (Å²) in [5, 5.41) is 3.58. The molecule has 1 aliphatic heterocycles. The lowest BCUT2D eigenvalue weighted by Gasteiger charge is -2.32. The van der Waals surface area contributed by atoms with Crippen LogP contribution in [0.3, 0.4) is 0 Å². The number of hydrogen-bond donors (Lipinski definition) is 2. The summed E-state index contributed by atoms with van der Waals surface area (Å²) >= 11 is 0. The van der Waals surface area contributed by atoms with E-state index >= 15 is 0 Å². The van der Waals surface area contributed by atoms with Crippen molar-refractivity contribution >= 4 is 0 Å². The van der Waals surface area contributed by atoms with Gasteiger partial charge in [-0.25, -0.2) is 0 Å². The van der Waals surface area contributed by atoms with Gasteiger partial charge < -0.3 is 20.5 Å². The van der Waals surface area contributed by atoms with E-state index < -0.39 is 0 Å². The SMILES string of the molecule is CCC1Cc2cc(OC)c(OC)cc2C(CN)N1. The number of rotatable bonds is 4. The Kier molecular flexibility index (Phi) is 4.09. The molecule has 0 radical (unpaired) electrons. The number of ether oxygens (including phenoxy) is 2. The molecule has 0 fully saturated rings. The van der Waals surface area contributed by atoms with E-state index in [0.29, 0.717) is 12.6 Å². The fraction of sp³-hybridized carbons (Fsp3) is 0.571. The Morgan fingerprint density at radius 2 is 1.94 bits per heavy atom. The van der Waals surface area contributed by atoms with E-state index in [0.717, 1.165) is 24.3 Å². The minimum atomic E-state index is 0.207. The molecule has 2 rings (SSSR count). The highest BCUT2D eigenvalue weighted by molar-refractivity contribution is 5.49. The third kappa shape index (κ3) is 2.31. The number of methoxy groups -OCH3 is 2. The van der Waals surface area contributed by atoms with Crippen molar-refractivity contribution in [2.45, 2.75) is 31.8 Å². The van der Waals surface area contributed by atoms with Gasteiger partial charge in [0.25, 0.3) is 0 Å². The molecule has 1 aromatic carbocycles. The van der Waals surface area contributed by atoms with Crippen molar-refractivity contribution in [3.05, 3.63) is 23.3 Å². The Labute approximate surface area is 108 Å². The van der Waals surface area contributed by atoms with Gasteiger partial charge in [-0.2, -0.15) is 0 Å². The molecule has 1 heterocycles. The molecule has 0 saturated carbocycles. The molecule has 2 atom stereocenters. The smallest absolute Gasteiger partial charge is 0.161 e. The molecular formula is C14H22N2O2. The van der Waals surface area contributed by atoms with Crippen molar-refractivity contribution in [2.75, 3.05) is 20.8 Å².